The number of para-hydroxylation sites is 1. The van der Waals surface area contributed by atoms with Crippen molar-refractivity contribution in [1.29, 1.82) is 0 Å². The van der Waals surface area contributed by atoms with Gasteiger partial charge in [0.2, 0.25) is 5.82 Å². The van der Waals surface area contributed by atoms with Crippen molar-refractivity contribution in [2.75, 3.05) is 20.3 Å². The highest BCUT2D eigenvalue weighted by Gasteiger charge is 2.20. The molecule has 0 aliphatic heterocycles. The van der Waals surface area contributed by atoms with E-state index in [2.05, 4.69) is 5.10 Å². The topological polar surface area (TPSA) is 114 Å². The lowest BCUT2D eigenvalue weighted by atomic mass is 10.2. The molecular weight excluding hydrogens is 526 g/mol. The number of nitrogens with zero attached hydrogens (tertiary/aromatic N) is 3. The SMILES string of the molecule is CCOC(=O)[C@H](C)Oc1ccc(C=Nn2c(-c3cc4c(OC)cccc4o3)nc3ccccc3c2=O)cc1OCC. The Morgan fingerprint density at radius 3 is 2.61 bits per heavy atom. The fourth-order valence-corrected chi connectivity index (χ4v) is 4.31. The first-order valence-corrected chi connectivity index (χ1v) is 13.2. The number of carbonyl (C=O) groups is 1. The standard InChI is InChI=1S/C31H29N3O7/c1-5-38-27-16-20(14-15-26(27)40-19(3)31(36)39-6-2)18-32-34-29(33-23-11-8-7-10-21(23)30(34)35)28-17-22-24(37-4)12-9-13-25(22)41-28/h7-19H,5-6H2,1-4H3/t19-/m0/s1. The highest BCUT2D eigenvalue weighted by atomic mass is 16.6. The minimum atomic E-state index is -0.819. The lowest BCUT2D eigenvalue weighted by molar-refractivity contribution is -0.150. The predicted molar refractivity (Wildman–Crippen MR) is 155 cm³/mol. The third kappa shape index (κ3) is 5.62. The van der Waals surface area contributed by atoms with Gasteiger partial charge in [0.15, 0.2) is 23.4 Å². The summed E-state index contributed by atoms with van der Waals surface area (Å²) in [7, 11) is 1.58. The van der Waals surface area contributed by atoms with Gasteiger partial charge in [-0.05, 0) is 74.9 Å². The predicted octanol–water partition coefficient (Wildman–Crippen LogP) is 5.43. The summed E-state index contributed by atoms with van der Waals surface area (Å²) in [4.78, 5) is 30.4. The molecule has 3 aromatic carbocycles. The van der Waals surface area contributed by atoms with Crippen LogP contribution in [0.3, 0.4) is 0 Å². The van der Waals surface area contributed by atoms with E-state index in [1.54, 1.807) is 63.4 Å². The van der Waals surface area contributed by atoms with Crippen LogP contribution in [0.1, 0.15) is 26.3 Å². The molecule has 10 heteroatoms. The maximum Gasteiger partial charge on any atom is 0.347 e. The maximum atomic E-state index is 13.6. The molecule has 10 nitrogen and oxygen atoms in total. The summed E-state index contributed by atoms with van der Waals surface area (Å²) in [6.45, 7) is 5.81. The van der Waals surface area contributed by atoms with E-state index in [-0.39, 0.29) is 18.0 Å². The van der Waals surface area contributed by atoms with E-state index in [0.29, 0.717) is 51.7 Å². The minimum absolute atomic E-state index is 0.233. The van der Waals surface area contributed by atoms with E-state index in [0.717, 1.165) is 5.39 Å². The van der Waals surface area contributed by atoms with Crippen LogP contribution in [-0.4, -0.2) is 48.3 Å². The Bertz CT molecular complexity index is 1810. The second-order valence-electron chi connectivity index (χ2n) is 8.95. The first-order chi connectivity index (χ1) is 19.9. The summed E-state index contributed by atoms with van der Waals surface area (Å²) in [6.07, 6.45) is 0.701. The van der Waals surface area contributed by atoms with Gasteiger partial charge in [0.05, 0.1) is 42.8 Å². The van der Waals surface area contributed by atoms with Crippen molar-refractivity contribution in [2.24, 2.45) is 5.10 Å². The van der Waals surface area contributed by atoms with Crippen molar-refractivity contribution >= 4 is 34.1 Å². The lowest BCUT2D eigenvalue weighted by Crippen LogP contribution is -2.26. The highest BCUT2D eigenvalue weighted by Crippen LogP contribution is 2.33. The second-order valence-corrected chi connectivity index (χ2v) is 8.95. The van der Waals surface area contributed by atoms with Gasteiger partial charge in [-0.25, -0.2) is 9.78 Å². The van der Waals surface area contributed by atoms with Crippen LogP contribution in [0.2, 0.25) is 0 Å². The zero-order chi connectivity index (χ0) is 28.9. The molecule has 0 bridgehead atoms. The molecule has 0 N–H and O–H groups in total. The van der Waals surface area contributed by atoms with Gasteiger partial charge in [0, 0.05) is 0 Å². The van der Waals surface area contributed by atoms with Crippen LogP contribution < -0.4 is 19.8 Å². The van der Waals surface area contributed by atoms with E-state index >= 15 is 0 Å². The summed E-state index contributed by atoms with van der Waals surface area (Å²) in [6, 6.07) is 19.4. The number of carbonyl (C=O) groups excluding carboxylic acids is 1. The Balaban J connectivity index is 1.57. The van der Waals surface area contributed by atoms with Crippen LogP contribution in [0.4, 0.5) is 0 Å². The molecule has 5 rings (SSSR count). The average molecular weight is 556 g/mol. The lowest BCUT2D eigenvalue weighted by Gasteiger charge is -2.16. The number of furan rings is 1. The molecule has 0 aliphatic carbocycles. The largest absolute Gasteiger partial charge is 0.496 e. The molecule has 41 heavy (non-hydrogen) atoms. The summed E-state index contributed by atoms with van der Waals surface area (Å²) in [5.41, 5.74) is 1.37. The summed E-state index contributed by atoms with van der Waals surface area (Å²) in [5.74, 6) is 1.55. The van der Waals surface area contributed by atoms with Crippen LogP contribution in [0.25, 0.3) is 33.5 Å². The van der Waals surface area contributed by atoms with Crippen molar-refractivity contribution in [3.8, 4) is 28.8 Å². The van der Waals surface area contributed by atoms with Crippen molar-refractivity contribution in [2.45, 2.75) is 26.9 Å². The van der Waals surface area contributed by atoms with E-state index in [4.69, 9.17) is 28.3 Å². The molecule has 0 aliphatic rings. The van der Waals surface area contributed by atoms with Gasteiger partial charge in [-0.15, -0.1) is 0 Å². The highest BCUT2D eigenvalue weighted by molar-refractivity contribution is 5.89. The molecule has 0 radical (unpaired) electrons. The molecule has 1 atom stereocenters. The molecule has 0 unspecified atom stereocenters. The van der Waals surface area contributed by atoms with E-state index in [9.17, 15) is 9.59 Å². The number of aromatic nitrogens is 2. The monoisotopic (exact) mass is 555 g/mol. The van der Waals surface area contributed by atoms with Crippen LogP contribution in [0, 0.1) is 0 Å². The Kier molecular flexibility index (Phi) is 8.00. The quantitative estimate of drug-likeness (QED) is 0.166. The van der Waals surface area contributed by atoms with Gasteiger partial charge < -0.3 is 23.4 Å². The smallest absolute Gasteiger partial charge is 0.347 e. The van der Waals surface area contributed by atoms with Crippen molar-refractivity contribution in [1.82, 2.24) is 9.66 Å². The maximum absolute atomic E-state index is 13.6. The first-order valence-electron chi connectivity index (χ1n) is 13.2. The molecule has 210 valence electrons. The normalized spacial score (nSPS) is 12.1. The van der Waals surface area contributed by atoms with E-state index < -0.39 is 12.1 Å². The third-order valence-electron chi connectivity index (χ3n) is 6.23. The van der Waals surface area contributed by atoms with Crippen LogP contribution in [0.5, 0.6) is 17.2 Å². The fourth-order valence-electron chi connectivity index (χ4n) is 4.31. The molecule has 0 fully saturated rings. The molecule has 2 heterocycles. The molecule has 0 amide bonds. The molecular formula is C31H29N3O7. The van der Waals surface area contributed by atoms with Crippen LogP contribution in [0.15, 0.2) is 81.0 Å². The Morgan fingerprint density at radius 1 is 1.00 bits per heavy atom. The molecule has 0 saturated heterocycles. The van der Waals surface area contributed by atoms with Gasteiger partial charge in [-0.2, -0.15) is 9.78 Å². The molecule has 0 spiro atoms. The number of ether oxygens (including phenoxy) is 4. The third-order valence-corrected chi connectivity index (χ3v) is 6.23. The zero-order valence-corrected chi connectivity index (χ0v) is 23.1. The number of hydrogen-bond donors (Lipinski definition) is 0. The number of fused-ring (bicyclic) bond motifs is 2. The van der Waals surface area contributed by atoms with Gasteiger partial charge >= 0.3 is 5.97 Å². The van der Waals surface area contributed by atoms with Crippen molar-refractivity contribution in [3.63, 3.8) is 0 Å². The number of benzene rings is 3. The van der Waals surface area contributed by atoms with Gasteiger partial charge in [-0.1, -0.05) is 18.2 Å². The zero-order valence-electron chi connectivity index (χ0n) is 23.1. The van der Waals surface area contributed by atoms with Crippen LogP contribution >= 0.6 is 0 Å². The summed E-state index contributed by atoms with van der Waals surface area (Å²) < 4.78 is 29.3. The van der Waals surface area contributed by atoms with Gasteiger partial charge in [-0.3, -0.25) is 4.79 Å². The van der Waals surface area contributed by atoms with E-state index in [1.165, 1.54) is 10.9 Å². The van der Waals surface area contributed by atoms with E-state index in [1.807, 2.05) is 31.2 Å². The first kappa shape index (κ1) is 27.4. The number of hydrogen-bond acceptors (Lipinski definition) is 9. The molecule has 2 aromatic heterocycles. The molecule has 5 aromatic rings. The Hall–Kier alpha value is -5.12. The number of esters is 1. The molecule has 0 saturated carbocycles. The van der Waals surface area contributed by atoms with Crippen molar-refractivity contribution in [3.05, 3.63) is 82.6 Å². The number of methoxy groups -OCH3 is 1. The number of rotatable bonds is 10. The average Bonchev–Trinajstić information content (AvgIpc) is 3.42. The van der Waals surface area contributed by atoms with Gasteiger partial charge in [0.25, 0.3) is 5.56 Å². The van der Waals surface area contributed by atoms with Crippen molar-refractivity contribution < 1.29 is 28.2 Å². The second kappa shape index (κ2) is 12.0. The minimum Gasteiger partial charge on any atom is -0.496 e. The Morgan fingerprint density at radius 2 is 1.83 bits per heavy atom. The van der Waals surface area contributed by atoms with Crippen LogP contribution in [-0.2, 0) is 9.53 Å². The Labute approximate surface area is 235 Å². The summed E-state index contributed by atoms with van der Waals surface area (Å²) in [5, 5.41) is 5.67. The fraction of sp³-hybridized carbons (Fsp3) is 0.226. The summed E-state index contributed by atoms with van der Waals surface area (Å²) >= 11 is 0. The van der Waals surface area contributed by atoms with Gasteiger partial charge in [0.1, 0.15) is 11.3 Å².